The van der Waals surface area contributed by atoms with Crippen LogP contribution in [0.4, 0.5) is 32.0 Å². The largest absolute Gasteiger partial charge is 0.460 e. The predicted octanol–water partition coefficient (Wildman–Crippen LogP) is 3.25. The van der Waals surface area contributed by atoms with Crippen molar-refractivity contribution in [3.8, 4) is 0 Å². The Balaban J connectivity index is 1.79. The molecule has 4 rings (SSSR count). The number of nitrogens with one attached hydrogen (secondary N) is 1. The number of rotatable bonds is 10. The van der Waals surface area contributed by atoms with Crippen molar-refractivity contribution < 1.29 is 59.9 Å². The monoisotopic (exact) mass is 648 g/mol. The molecule has 244 valence electrons. The van der Waals surface area contributed by atoms with E-state index in [4.69, 9.17) is 9.47 Å². The average Bonchev–Trinajstić information content (AvgIpc) is 3.57. The van der Waals surface area contributed by atoms with E-state index >= 15 is 0 Å². The Kier molecular flexibility index (Phi) is 9.72. The summed E-state index contributed by atoms with van der Waals surface area (Å²) in [7, 11) is 0. The van der Waals surface area contributed by atoms with Crippen LogP contribution in [-0.4, -0.2) is 90.2 Å². The molecule has 45 heavy (non-hydrogen) atoms. The molecule has 2 saturated heterocycles. The molecule has 1 N–H and O–H groups in total. The molecule has 1 aromatic carbocycles. The summed E-state index contributed by atoms with van der Waals surface area (Å²) in [5.74, 6) is -6.66. The molecule has 1 aromatic rings. The average molecular weight is 649 g/mol. The van der Waals surface area contributed by atoms with Gasteiger partial charge in [-0.1, -0.05) is 12.1 Å². The Hall–Kier alpha value is -4.64. The van der Waals surface area contributed by atoms with Gasteiger partial charge in [0.1, 0.15) is 24.6 Å². The van der Waals surface area contributed by atoms with Crippen LogP contribution in [0.2, 0.25) is 0 Å². The third-order valence-corrected chi connectivity index (χ3v) is 7.32. The number of carbonyl (C=O) groups is 4. The number of carbonyl (C=O) groups excluding carboxylic acids is 4. The highest BCUT2D eigenvalue weighted by molar-refractivity contribution is 6.00. The third-order valence-electron chi connectivity index (χ3n) is 7.32. The first-order valence-corrected chi connectivity index (χ1v) is 13.6. The first kappa shape index (κ1) is 33.3. The van der Waals surface area contributed by atoms with Crippen LogP contribution in [0, 0.1) is 10.1 Å². The SMILES string of the molecule is O=C(OCCN1CCCC1=O)C1=C(C(F)(F)F)NC(C(F)(F)F)=C(C(=O)OCCN2CCCC2=O)C1c1cccc([N+](=O)[O-])c1. The summed E-state index contributed by atoms with van der Waals surface area (Å²) in [5.41, 5.74) is -8.76. The fraction of sp³-hybridized carbons (Fsp3) is 0.481. The maximum Gasteiger partial charge on any atom is 0.431 e. The number of allylic oxidation sites excluding steroid dienone is 2. The Morgan fingerprint density at radius 3 is 1.71 bits per heavy atom. The number of nitrogens with zero attached hydrogens (tertiary/aromatic N) is 3. The number of likely N-dealkylation sites (tertiary alicyclic amines) is 2. The first-order chi connectivity index (χ1) is 21.1. The zero-order chi connectivity index (χ0) is 33.1. The van der Waals surface area contributed by atoms with Crippen molar-refractivity contribution in [2.75, 3.05) is 39.4 Å². The Bertz CT molecular complexity index is 1380. The summed E-state index contributed by atoms with van der Waals surface area (Å²) in [6, 6.07) is 3.41. The molecular formula is C27H26F6N4O8. The number of benzene rings is 1. The molecule has 0 aliphatic carbocycles. The molecule has 0 saturated carbocycles. The van der Waals surface area contributed by atoms with Crippen molar-refractivity contribution in [1.82, 2.24) is 15.1 Å². The maximum atomic E-state index is 14.3. The molecule has 0 atom stereocenters. The fourth-order valence-electron chi connectivity index (χ4n) is 5.26. The number of nitro groups is 1. The van der Waals surface area contributed by atoms with Gasteiger partial charge in [-0.15, -0.1) is 0 Å². The van der Waals surface area contributed by atoms with E-state index in [1.54, 1.807) is 0 Å². The normalized spacial score (nSPS) is 18.1. The highest BCUT2D eigenvalue weighted by Crippen LogP contribution is 2.47. The molecule has 3 aliphatic heterocycles. The van der Waals surface area contributed by atoms with E-state index < -0.39 is 82.1 Å². The van der Waals surface area contributed by atoms with Gasteiger partial charge < -0.3 is 24.6 Å². The quantitative estimate of drug-likeness (QED) is 0.175. The van der Waals surface area contributed by atoms with Crippen molar-refractivity contribution in [2.24, 2.45) is 0 Å². The van der Waals surface area contributed by atoms with Crippen molar-refractivity contribution >= 4 is 29.4 Å². The number of nitro benzene ring substituents is 1. The number of esters is 2. The molecular weight excluding hydrogens is 622 g/mol. The number of hydrogen-bond donors (Lipinski definition) is 1. The van der Waals surface area contributed by atoms with Crippen LogP contribution in [0.25, 0.3) is 0 Å². The van der Waals surface area contributed by atoms with Gasteiger partial charge in [0.25, 0.3) is 5.69 Å². The number of non-ortho nitro benzene ring substituents is 1. The Labute approximate surface area is 250 Å². The second kappa shape index (κ2) is 13.2. The molecule has 18 heteroatoms. The Morgan fingerprint density at radius 1 is 0.867 bits per heavy atom. The summed E-state index contributed by atoms with van der Waals surface area (Å²) in [6.45, 7) is -1.13. The van der Waals surface area contributed by atoms with E-state index in [0.29, 0.717) is 32.0 Å². The zero-order valence-corrected chi connectivity index (χ0v) is 23.3. The van der Waals surface area contributed by atoms with Crippen LogP contribution in [-0.2, 0) is 28.7 Å². The number of dihydropyridines is 1. The lowest BCUT2D eigenvalue weighted by Gasteiger charge is -2.33. The van der Waals surface area contributed by atoms with Crippen LogP contribution in [0.5, 0.6) is 0 Å². The minimum Gasteiger partial charge on any atom is -0.460 e. The van der Waals surface area contributed by atoms with Crippen LogP contribution in [0.1, 0.15) is 37.2 Å². The second-order valence-electron chi connectivity index (χ2n) is 10.2. The molecule has 12 nitrogen and oxygen atoms in total. The molecule has 2 amide bonds. The maximum absolute atomic E-state index is 14.3. The van der Waals surface area contributed by atoms with Gasteiger partial charge in [-0.05, 0) is 18.4 Å². The summed E-state index contributed by atoms with van der Waals surface area (Å²) in [5, 5.41) is 12.6. The summed E-state index contributed by atoms with van der Waals surface area (Å²) in [6.07, 6.45) is -9.87. The predicted molar refractivity (Wildman–Crippen MR) is 139 cm³/mol. The highest BCUT2D eigenvalue weighted by Gasteiger charge is 2.53. The minimum atomic E-state index is -5.64. The van der Waals surface area contributed by atoms with Crippen LogP contribution < -0.4 is 5.32 Å². The van der Waals surface area contributed by atoms with Crippen molar-refractivity contribution in [1.29, 1.82) is 0 Å². The fourth-order valence-corrected chi connectivity index (χ4v) is 5.26. The summed E-state index contributed by atoms with van der Waals surface area (Å²) < 4.78 is 96.0. The first-order valence-electron chi connectivity index (χ1n) is 13.6. The summed E-state index contributed by atoms with van der Waals surface area (Å²) in [4.78, 5) is 63.4. The van der Waals surface area contributed by atoms with Crippen LogP contribution in [0.15, 0.2) is 46.8 Å². The topological polar surface area (TPSA) is 148 Å². The second-order valence-corrected chi connectivity index (χ2v) is 10.2. The molecule has 2 fully saturated rings. The Morgan fingerprint density at radius 2 is 1.33 bits per heavy atom. The van der Waals surface area contributed by atoms with E-state index in [0.717, 1.165) is 23.5 Å². The number of alkyl halides is 6. The van der Waals surface area contributed by atoms with E-state index in [2.05, 4.69) is 0 Å². The molecule has 0 bridgehead atoms. The molecule has 0 radical (unpaired) electrons. The van der Waals surface area contributed by atoms with Gasteiger partial charge in [-0.3, -0.25) is 19.7 Å². The van der Waals surface area contributed by atoms with Gasteiger partial charge in [0.2, 0.25) is 11.8 Å². The van der Waals surface area contributed by atoms with Gasteiger partial charge in [0.15, 0.2) is 0 Å². The summed E-state index contributed by atoms with van der Waals surface area (Å²) >= 11 is 0. The van der Waals surface area contributed by atoms with Crippen molar-refractivity contribution in [2.45, 2.75) is 44.0 Å². The molecule has 0 aromatic heterocycles. The van der Waals surface area contributed by atoms with Gasteiger partial charge in [-0.2, -0.15) is 26.3 Å². The number of hydrogen-bond acceptors (Lipinski definition) is 9. The lowest BCUT2D eigenvalue weighted by Crippen LogP contribution is -2.43. The molecule has 3 heterocycles. The van der Waals surface area contributed by atoms with Crippen LogP contribution in [0.3, 0.4) is 0 Å². The lowest BCUT2D eigenvalue weighted by molar-refractivity contribution is -0.384. The van der Waals surface area contributed by atoms with E-state index in [-0.39, 0.29) is 37.7 Å². The molecule has 3 aliphatic rings. The van der Waals surface area contributed by atoms with E-state index in [1.165, 1.54) is 9.80 Å². The third kappa shape index (κ3) is 7.54. The smallest absolute Gasteiger partial charge is 0.431 e. The highest BCUT2D eigenvalue weighted by atomic mass is 19.4. The molecule has 0 unspecified atom stereocenters. The molecule has 0 spiro atoms. The number of halogens is 6. The van der Waals surface area contributed by atoms with Gasteiger partial charge in [0, 0.05) is 38.1 Å². The van der Waals surface area contributed by atoms with Gasteiger partial charge >= 0.3 is 24.3 Å². The standard InChI is InChI=1S/C27H26F6N4O8/c28-26(29,30)22-20(24(40)44-12-10-35-8-2-6-17(35)38)19(15-4-1-5-16(14-15)37(42)43)21(23(34-22)27(31,32)33)25(41)45-13-11-36-9-3-7-18(36)39/h1,4-5,14,19,34H,2-3,6-13H2. The van der Waals surface area contributed by atoms with Crippen molar-refractivity contribution in [3.63, 3.8) is 0 Å². The van der Waals surface area contributed by atoms with Crippen molar-refractivity contribution in [3.05, 3.63) is 62.5 Å². The number of amides is 2. The minimum absolute atomic E-state index is 0.207. The zero-order valence-electron chi connectivity index (χ0n) is 23.3. The number of ether oxygens (including phenoxy) is 2. The van der Waals surface area contributed by atoms with Gasteiger partial charge in [-0.25, -0.2) is 9.59 Å². The van der Waals surface area contributed by atoms with Crippen LogP contribution >= 0.6 is 0 Å². The van der Waals surface area contributed by atoms with Gasteiger partial charge in [0.05, 0.1) is 35.1 Å². The lowest BCUT2D eigenvalue weighted by atomic mass is 9.79. The van der Waals surface area contributed by atoms with E-state index in [9.17, 15) is 55.6 Å². The van der Waals surface area contributed by atoms with E-state index in [1.807, 2.05) is 0 Å².